The van der Waals surface area contributed by atoms with Gasteiger partial charge in [-0.3, -0.25) is 0 Å². The van der Waals surface area contributed by atoms with Crippen LogP contribution in [0.2, 0.25) is 0 Å². The van der Waals surface area contributed by atoms with Crippen molar-refractivity contribution in [2.45, 2.75) is 52.2 Å². The van der Waals surface area contributed by atoms with Gasteiger partial charge in [0.15, 0.2) is 0 Å². The van der Waals surface area contributed by atoms with Crippen molar-refractivity contribution < 1.29 is 14.6 Å². The average Bonchev–Trinajstić information content (AvgIpc) is 2.15. The van der Waals surface area contributed by atoms with E-state index in [2.05, 4.69) is 6.92 Å². The number of β-amino-alcohol motifs (C(OH)–C–C–N with tert-alkyl or cyclic N) is 1. The Morgan fingerprint density at radius 1 is 1.50 bits per heavy atom. The summed E-state index contributed by atoms with van der Waals surface area (Å²) >= 11 is 0. The molecule has 1 heterocycles. The highest BCUT2D eigenvalue weighted by Gasteiger charge is 2.31. The van der Waals surface area contributed by atoms with Crippen LogP contribution in [0.1, 0.15) is 40.5 Å². The third-order valence-corrected chi connectivity index (χ3v) is 2.90. The topological polar surface area (TPSA) is 49.8 Å². The van der Waals surface area contributed by atoms with Gasteiger partial charge in [0.1, 0.15) is 5.60 Å². The molecule has 4 nitrogen and oxygen atoms in total. The van der Waals surface area contributed by atoms with Gasteiger partial charge in [-0.25, -0.2) is 4.79 Å². The highest BCUT2D eigenvalue weighted by Crippen LogP contribution is 2.22. The minimum atomic E-state index is -0.469. The van der Waals surface area contributed by atoms with Crippen LogP contribution in [-0.2, 0) is 4.74 Å². The molecule has 1 fully saturated rings. The molecule has 0 bridgehead atoms. The molecule has 0 aromatic carbocycles. The van der Waals surface area contributed by atoms with E-state index >= 15 is 0 Å². The molecule has 0 unspecified atom stereocenters. The Kier molecular flexibility index (Phi) is 4.19. The first-order valence-corrected chi connectivity index (χ1v) is 5.99. The summed E-state index contributed by atoms with van der Waals surface area (Å²) in [7, 11) is 0. The molecular weight excluding hydrogens is 206 g/mol. The lowest BCUT2D eigenvalue weighted by Gasteiger charge is -2.36. The largest absolute Gasteiger partial charge is 0.444 e. The van der Waals surface area contributed by atoms with Crippen molar-refractivity contribution in [1.29, 1.82) is 0 Å². The van der Waals surface area contributed by atoms with Gasteiger partial charge in [0.2, 0.25) is 0 Å². The zero-order valence-corrected chi connectivity index (χ0v) is 10.7. The van der Waals surface area contributed by atoms with Gasteiger partial charge in [-0.2, -0.15) is 0 Å². The fourth-order valence-corrected chi connectivity index (χ4v) is 1.95. The second-order valence-corrected chi connectivity index (χ2v) is 5.45. The summed E-state index contributed by atoms with van der Waals surface area (Å²) in [5.74, 6) is 0.318. The fourth-order valence-electron chi connectivity index (χ4n) is 1.95. The third kappa shape index (κ3) is 3.67. The van der Waals surface area contributed by atoms with Crippen molar-refractivity contribution >= 4 is 6.09 Å². The Morgan fingerprint density at radius 3 is 2.56 bits per heavy atom. The second kappa shape index (κ2) is 5.04. The molecule has 1 amide bonds. The summed E-state index contributed by atoms with van der Waals surface area (Å²) in [6.45, 7) is 8.69. The lowest BCUT2D eigenvalue weighted by Crippen LogP contribution is -2.48. The molecule has 1 N–H and O–H groups in total. The molecule has 0 aromatic rings. The van der Waals surface area contributed by atoms with E-state index in [-0.39, 0.29) is 6.09 Å². The molecule has 1 aliphatic rings. The van der Waals surface area contributed by atoms with Crippen LogP contribution < -0.4 is 0 Å². The normalized spacial score (nSPS) is 26.7. The van der Waals surface area contributed by atoms with Gasteiger partial charge in [0.25, 0.3) is 0 Å². The number of likely N-dealkylation sites (tertiary alicyclic amines) is 1. The van der Waals surface area contributed by atoms with E-state index < -0.39 is 11.7 Å². The number of aliphatic hydroxyl groups excluding tert-OH is 1. The molecule has 0 aliphatic carbocycles. The SMILES string of the molecule is CC[C@H]1CCN(C(=O)OC(C)(C)C)C[C@@H]1O. The zero-order chi connectivity index (χ0) is 12.3. The Balaban J connectivity index is 2.48. The Bertz CT molecular complexity index is 247. The number of nitrogens with zero attached hydrogens (tertiary/aromatic N) is 1. The summed E-state index contributed by atoms with van der Waals surface area (Å²) in [6.07, 6.45) is 1.09. The summed E-state index contributed by atoms with van der Waals surface area (Å²) in [5.41, 5.74) is -0.469. The van der Waals surface area contributed by atoms with E-state index in [1.165, 1.54) is 0 Å². The van der Waals surface area contributed by atoms with Crippen LogP contribution in [0.25, 0.3) is 0 Å². The van der Waals surface area contributed by atoms with Crippen LogP contribution >= 0.6 is 0 Å². The Hall–Kier alpha value is -0.770. The van der Waals surface area contributed by atoms with Crippen LogP contribution in [0, 0.1) is 5.92 Å². The smallest absolute Gasteiger partial charge is 0.410 e. The van der Waals surface area contributed by atoms with E-state index in [0.717, 1.165) is 12.8 Å². The lowest BCUT2D eigenvalue weighted by atomic mass is 9.92. The van der Waals surface area contributed by atoms with Gasteiger partial charge in [-0.05, 0) is 33.1 Å². The summed E-state index contributed by atoms with van der Waals surface area (Å²) in [5, 5.41) is 9.84. The van der Waals surface area contributed by atoms with E-state index in [4.69, 9.17) is 4.74 Å². The molecule has 1 rings (SSSR count). The van der Waals surface area contributed by atoms with Crippen LogP contribution in [0.4, 0.5) is 4.79 Å². The van der Waals surface area contributed by atoms with Gasteiger partial charge in [0, 0.05) is 6.54 Å². The third-order valence-electron chi connectivity index (χ3n) is 2.90. The molecule has 0 spiro atoms. The zero-order valence-electron chi connectivity index (χ0n) is 10.7. The highest BCUT2D eigenvalue weighted by atomic mass is 16.6. The number of carbonyl (C=O) groups is 1. The van der Waals surface area contributed by atoms with Crippen molar-refractivity contribution in [3.05, 3.63) is 0 Å². The predicted molar refractivity (Wildman–Crippen MR) is 62.2 cm³/mol. The molecule has 16 heavy (non-hydrogen) atoms. The number of aliphatic hydroxyl groups is 1. The van der Waals surface area contributed by atoms with Crippen molar-refractivity contribution in [2.24, 2.45) is 5.92 Å². The van der Waals surface area contributed by atoms with E-state index in [9.17, 15) is 9.90 Å². The molecule has 2 atom stereocenters. The predicted octanol–water partition coefficient (Wildman–Crippen LogP) is 2.01. The molecule has 1 saturated heterocycles. The van der Waals surface area contributed by atoms with Crippen LogP contribution in [0.15, 0.2) is 0 Å². The van der Waals surface area contributed by atoms with Gasteiger partial charge < -0.3 is 14.7 Å². The molecule has 0 radical (unpaired) electrons. The van der Waals surface area contributed by atoms with Gasteiger partial charge in [-0.1, -0.05) is 13.3 Å². The summed E-state index contributed by atoms with van der Waals surface area (Å²) < 4.78 is 5.27. The van der Waals surface area contributed by atoms with Crippen molar-refractivity contribution in [2.75, 3.05) is 13.1 Å². The number of ether oxygens (including phenoxy) is 1. The maximum absolute atomic E-state index is 11.7. The molecule has 0 saturated carbocycles. The quantitative estimate of drug-likeness (QED) is 0.748. The first-order valence-electron chi connectivity index (χ1n) is 5.99. The van der Waals surface area contributed by atoms with Crippen LogP contribution in [0.3, 0.4) is 0 Å². The molecule has 1 aliphatic heterocycles. The Morgan fingerprint density at radius 2 is 2.12 bits per heavy atom. The van der Waals surface area contributed by atoms with E-state index in [1.54, 1.807) is 4.90 Å². The molecular formula is C12H23NO3. The van der Waals surface area contributed by atoms with Gasteiger partial charge in [-0.15, -0.1) is 0 Å². The summed E-state index contributed by atoms with van der Waals surface area (Å²) in [6, 6.07) is 0. The average molecular weight is 229 g/mol. The highest BCUT2D eigenvalue weighted by molar-refractivity contribution is 5.68. The second-order valence-electron chi connectivity index (χ2n) is 5.45. The maximum atomic E-state index is 11.7. The first kappa shape index (κ1) is 13.3. The number of piperidine rings is 1. The van der Waals surface area contributed by atoms with Gasteiger partial charge >= 0.3 is 6.09 Å². The molecule has 4 heteroatoms. The molecule has 94 valence electrons. The van der Waals surface area contributed by atoms with Crippen molar-refractivity contribution in [1.82, 2.24) is 4.90 Å². The monoisotopic (exact) mass is 229 g/mol. The van der Waals surface area contributed by atoms with E-state index in [0.29, 0.717) is 19.0 Å². The minimum absolute atomic E-state index is 0.318. The molecule has 0 aromatic heterocycles. The number of carbonyl (C=O) groups excluding carboxylic acids is 1. The maximum Gasteiger partial charge on any atom is 0.410 e. The number of hydrogen-bond acceptors (Lipinski definition) is 3. The van der Waals surface area contributed by atoms with Crippen molar-refractivity contribution in [3.63, 3.8) is 0 Å². The lowest BCUT2D eigenvalue weighted by molar-refractivity contribution is -0.0132. The fraction of sp³-hybridized carbons (Fsp3) is 0.917. The standard InChI is InChI=1S/C12H23NO3/c1-5-9-6-7-13(8-10(9)14)11(15)16-12(2,3)4/h9-10,14H,5-8H2,1-4H3/t9-,10-/m0/s1. The number of rotatable bonds is 1. The van der Waals surface area contributed by atoms with Crippen LogP contribution in [0.5, 0.6) is 0 Å². The van der Waals surface area contributed by atoms with Crippen LogP contribution in [-0.4, -0.2) is 40.9 Å². The first-order chi connectivity index (χ1) is 7.33. The number of amides is 1. The number of hydrogen-bond donors (Lipinski definition) is 1. The Labute approximate surface area is 97.6 Å². The summed E-state index contributed by atoms with van der Waals surface area (Å²) in [4.78, 5) is 13.3. The van der Waals surface area contributed by atoms with Crippen molar-refractivity contribution in [3.8, 4) is 0 Å². The van der Waals surface area contributed by atoms with E-state index in [1.807, 2.05) is 20.8 Å². The van der Waals surface area contributed by atoms with Gasteiger partial charge in [0.05, 0.1) is 12.6 Å². The minimum Gasteiger partial charge on any atom is -0.444 e.